The molecule has 0 aliphatic heterocycles. The molecular formula is C29H30Cl2N6O3. The van der Waals surface area contributed by atoms with E-state index in [1.54, 1.807) is 19.5 Å². The fourth-order valence-corrected chi connectivity index (χ4v) is 5.55. The number of hydrogen-bond donors (Lipinski definition) is 3. The summed E-state index contributed by atoms with van der Waals surface area (Å²) in [5, 5.41) is 14.3. The normalized spacial score (nSPS) is 18.3. The number of aromatic nitrogens is 4. The van der Waals surface area contributed by atoms with Crippen LogP contribution in [0.25, 0.3) is 33.6 Å². The Morgan fingerprint density at radius 2 is 1.35 bits per heavy atom. The Morgan fingerprint density at radius 3 is 1.82 bits per heavy atom. The third-order valence-electron chi connectivity index (χ3n) is 6.97. The molecule has 0 amide bonds. The number of nitrogens with two attached hydrogens (primary N) is 1. The standard InChI is InChI=1S/C29H30Cl2N6O3/c1-29(38)10-16(11-29)33-15-24-28(40-3)37-23(14-35-24)20-9-5-7-18(26(20)31)17-6-4-8-19(25(17)30)22-13-34-21(12-32)27(36-22)39-2/h4-9,13-14,16,33,38H,10-12,15,32H2,1-3H3. The smallest absolute Gasteiger partial charge is 0.237 e. The van der Waals surface area contributed by atoms with Gasteiger partial charge in [-0.15, -0.1) is 0 Å². The Hall–Kier alpha value is -3.34. The summed E-state index contributed by atoms with van der Waals surface area (Å²) in [5.74, 6) is 0.762. The first kappa shape index (κ1) is 28.2. The number of halogens is 2. The van der Waals surface area contributed by atoms with Gasteiger partial charge < -0.3 is 25.6 Å². The van der Waals surface area contributed by atoms with Crippen LogP contribution < -0.4 is 20.5 Å². The Balaban J connectivity index is 1.46. The molecule has 4 aromatic rings. The van der Waals surface area contributed by atoms with Crippen molar-refractivity contribution in [1.82, 2.24) is 25.3 Å². The summed E-state index contributed by atoms with van der Waals surface area (Å²) in [6.45, 7) is 2.53. The van der Waals surface area contributed by atoms with E-state index in [9.17, 15) is 5.11 Å². The zero-order chi connectivity index (χ0) is 28.4. The van der Waals surface area contributed by atoms with Crippen LogP contribution in [0.2, 0.25) is 10.0 Å². The molecule has 40 heavy (non-hydrogen) atoms. The lowest BCUT2D eigenvalue weighted by molar-refractivity contribution is -0.0394. The average Bonchev–Trinajstić information content (AvgIpc) is 2.95. The molecule has 5 rings (SSSR count). The summed E-state index contributed by atoms with van der Waals surface area (Å²) in [7, 11) is 3.09. The number of ether oxygens (including phenoxy) is 2. The number of nitrogens with zero attached hydrogens (tertiary/aromatic N) is 4. The van der Waals surface area contributed by atoms with Crippen LogP contribution in [0.3, 0.4) is 0 Å². The van der Waals surface area contributed by atoms with Crippen molar-refractivity contribution < 1.29 is 14.6 Å². The van der Waals surface area contributed by atoms with Gasteiger partial charge in [-0.25, -0.2) is 9.97 Å². The molecule has 1 fully saturated rings. The summed E-state index contributed by atoms with van der Waals surface area (Å²) in [4.78, 5) is 18.2. The van der Waals surface area contributed by atoms with Crippen LogP contribution in [-0.4, -0.2) is 50.9 Å². The van der Waals surface area contributed by atoms with E-state index in [-0.39, 0.29) is 12.6 Å². The minimum atomic E-state index is -0.600. The number of aliphatic hydroxyl groups is 1. The van der Waals surface area contributed by atoms with Crippen molar-refractivity contribution in [3.63, 3.8) is 0 Å². The van der Waals surface area contributed by atoms with Gasteiger partial charge in [0.05, 0.1) is 53.6 Å². The van der Waals surface area contributed by atoms with Crippen molar-refractivity contribution in [2.75, 3.05) is 14.2 Å². The molecule has 4 N–H and O–H groups in total. The van der Waals surface area contributed by atoms with Crippen molar-refractivity contribution in [3.05, 3.63) is 70.2 Å². The molecule has 0 atom stereocenters. The monoisotopic (exact) mass is 580 g/mol. The fraction of sp³-hybridized carbons (Fsp3) is 0.310. The van der Waals surface area contributed by atoms with Gasteiger partial charge in [-0.2, -0.15) is 0 Å². The lowest BCUT2D eigenvalue weighted by atomic mass is 9.77. The van der Waals surface area contributed by atoms with Crippen molar-refractivity contribution >= 4 is 23.2 Å². The number of methoxy groups -OCH3 is 2. The molecule has 208 valence electrons. The highest BCUT2D eigenvalue weighted by Crippen LogP contribution is 2.42. The molecule has 0 radical (unpaired) electrons. The van der Waals surface area contributed by atoms with Crippen LogP contribution in [-0.2, 0) is 13.1 Å². The third-order valence-corrected chi connectivity index (χ3v) is 7.79. The molecule has 2 heterocycles. The van der Waals surface area contributed by atoms with Crippen LogP contribution in [0.5, 0.6) is 11.8 Å². The van der Waals surface area contributed by atoms with Crippen LogP contribution in [0.4, 0.5) is 0 Å². The molecular weight excluding hydrogens is 551 g/mol. The summed E-state index contributed by atoms with van der Waals surface area (Å²) in [6.07, 6.45) is 4.71. The summed E-state index contributed by atoms with van der Waals surface area (Å²) < 4.78 is 10.9. The van der Waals surface area contributed by atoms with E-state index in [0.717, 1.165) is 11.1 Å². The second kappa shape index (κ2) is 11.6. The van der Waals surface area contributed by atoms with Crippen LogP contribution in [0, 0.1) is 0 Å². The topological polar surface area (TPSA) is 128 Å². The van der Waals surface area contributed by atoms with Gasteiger partial charge in [-0.3, -0.25) is 9.97 Å². The molecule has 0 spiro atoms. The van der Waals surface area contributed by atoms with Crippen molar-refractivity contribution in [2.45, 2.75) is 44.5 Å². The van der Waals surface area contributed by atoms with Crippen LogP contribution in [0.1, 0.15) is 31.2 Å². The molecule has 11 heteroatoms. The van der Waals surface area contributed by atoms with E-state index in [4.69, 9.17) is 43.4 Å². The van der Waals surface area contributed by atoms with Gasteiger partial charge in [-0.1, -0.05) is 59.6 Å². The maximum absolute atomic E-state index is 9.98. The molecule has 9 nitrogen and oxygen atoms in total. The van der Waals surface area contributed by atoms with Gasteiger partial charge >= 0.3 is 0 Å². The van der Waals surface area contributed by atoms with Gasteiger partial charge in [0.25, 0.3) is 0 Å². The van der Waals surface area contributed by atoms with Crippen molar-refractivity contribution in [2.24, 2.45) is 5.73 Å². The van der Waals surface area contributed by atoms with Crippen LogP contribution in [0.15, 0.2) is 48.8 Å². The average molecular weight is 582 g/mol. The van der Waals surface area contributed by atoms with Crippen molar-refractivity contribution in [1.29, 1.82) is 0 Å². The van der Waals surface area contributed by atoms with E-state index in [2.05, 4.69) is 20.3 Å². The maximum Gasteiger partial charge on any atom is 0.237 e. The second-order valence-corrected chi connectivity index (χ2v) is 10.7. The van der Waals surface area contributed by atoms with E-state index >= 15 is 0 Å². The lowest BCUT2D eigenvalue weighted by Crippen LogP contribution is -2.51. The highest BCUT2D eigenvalue weighted by molar-refractivity contribution is 6.39. The zero-order valence-corrected chi connectivity index (χ0v) is 23.9. The minimum Gasteiger partial charge on any atom is -0.480 e. The van der Waals surface area contributed by atoms with Gasteiger partial charge in [0, 0.05) is 41.4 Å². The number of rotatable bonds is 9. The van der Waals surface area contributed by atoms with Gasteiger partial charge in [0.1, 0.15) is 11.4 Å². The molecule has 0 bridgehead atoms. The van der Waals surface area contributed by atoms with E-state index in [1.807, 2.05) is 43.3 Å². The summed E-state index contributed by atoms with van der Waals surface area (Å²) >= 11 is 13.9. The van der Waals surface area contributed by atoms with E-state index in [1.165, 1.54) is 7.11 Å². The first-order valence-electron chi connectivity index (χ1n) is 12.8. The SMILES string of the molecule is COc1nc(-c2cccc(-c3cccc(-c4cnc(CNC5CC(C)(O)C5)c(OC)n4)c3Cl)c2Cl)cnc1CN. The quantitative estimate of drug-likeness (QED) is 0.249. The maximum atomic E-state index is 9.98. The van der Waals surface area contributed by atoms with Crippen LogP contribution >= 0.6 is 23.2 Å². The number of nitrogens with one attached hydrogen (secondary N) is 1. The predicted octanol–water partition coefficient (Wildman–Crippen LogP) is 5.05. The van der Waals surface area contributed by atoms with Crippen molar-refractivity contribution in [3.8, 4) is 45.4 Å². The predicted molar refractivity (Wildman–Crippen MR) is 155 cm³/mol. The number of hydrogen-bond acceptors (Lipinski definition) is 9. The molecule has 1 aliphatic rings. The molecule has 0 saturated heterocycles. The highest BCUT2D eigenvalue weighted by atomic mass is 35.5. The van der Waals surface area contributed by atoms with E-state index in [0.29, 0.717) is 75.1 Å². The first-order chi connectivity index (χ1) is 19.2. The minimum absolute atomic E-state index is 0.210. The highest BCUT2D eigenvalue weighted by Gasteiger charge is 2.38. The lowest BCUT2D eigenvalue weighted by Gasteiger charge is -2.41. The molecule has 1 saturated carbocycles. The first-order valence-corrected chi connectivity index (χ1v) is 13.5. The van der Waals surface area contributed by atoms with Gasteiger partial charge in [0.2, 0.25) is 11.8 Å². The molecule has 1 aliphatic carbocycles. The molecule has 2 aromatic carbocycles. The Bertz CT molecular complexity index is 1540. The Kier molecular flexibility index (Phi) is 8.21. The Morgan fingerprint density at radius 1 is 0.875 bits per heavy atom. The fourth-order valence-electron chi connectivity index (χ4n) is 4.90. The summed E-state index contributed by atoms with van der Waals surface area (Å²) in [6, 6.07) is 11.6. The second-order valence-electron chi connectivity index (χ2n) is 9.94. The van der Waals surface area contributed by atoms with Gasteiger partial charge in [0.15, 0.2) is 0 Å². The molecule has 0 unspecified atom stereocenters. The third kappa shape index (κ3) is 5.61. The molecule has 2 aromatic heterocycles. The summed E-state index contributed by atoms with van der Waals surface area (Å²) in [5.41, 5.74) is 10.3. The van der Waals surface area contributed by atoms with E-state index < -0.39 is 5.60 Å². The van der Waals surface area contributed by atoms with Gasteiger partial charge in [-0.05, 0) is 19.8 Å². The zero-order valence-electron chi connectivity index (χ0n) is 22.4. The Labute approximate surface area is 242 Å². The number of benzene rings is 2. The largest absolute Gasteiger partial charge is 0.480 e.